The van der Waals surface area contributed by atoms with E-state index in [1.807, 2.05) is 30.3 Å². The summed E-state index contributed by atoms with van der Waals surface area (Å²) in [5.41, 5.74) is 3.16. The van der Waals surface area contributed by atoms with Crippen molar-refractivity contribution in [3.05, 3.63) is 70.3 Å². The van der Waals surface area contributed by atoms with Crippen molar-refractivity contribution in [3.63, 3.8) is 0 Å². The SMILES string of the molecule is CC(=O)C1=C2C=CC(=O)CC2=C(Cc2ccccc2)C1=O. The van der Waals surface area contributed by atoms with Crippen molar-refractivity contribution < 1.29 is 14.4 Å². The maximum atomic E-state index is 12.5. The summed E-state index contributed by atoms with van der Waals surface area (Å²) in [6.07, 6.45) is 3.71. The highest BCUT2D eigenvalue weighted by atomic mass is 16.1. The summed E-state index contributed by atoms with van der Waals surface area (Å²) in [6.45, 7) is 1.40. The highest BCUT2D eigenvalue weighted by Gasteiger charge is 2.35. The number of hydrogen-bond acceptors (Lipinski definition) is 3. The van der Waals surface area contributed by atoms with Gasteiger partial charge in [-0.25, -0.2) is 0 Å². The Hall–Kier alpha value is -2.55. The Morgan fingerprint density at radius 3 is 2.48 bits per heavy atom. The van der Waals surface area contributed by atoms with Crippen LogP contribution in [0.1, 0.15) is 18.9 Å². The molecule has 3 nitrogen and oxygen atoms in total. The van der Waals surface area contributed by atoms with Crippen molar-refractivity contribution in [2.24, 2.45) is 0 Å². The van der Waals surface area contributed by atoms with Crippen molar-refractivity contribution in [3.8, 4) is 0 Å². The molecule has 3 heteroatoms. The van der Waals surface area contributed by atoms with E-state index in [-0.39, 0.29) is 29.3 Å². The monoisotopic (exact) mass is 278 g/mol. The van der Waals surface area contributed by atoms with Crippen LogP contribution < -0.4 is 0 Å². The van der Waals surface area contributed by atoms with Gasteiger partial charge in [-0.2, -0.15) is 0 Å². The zero-order chi connectivity index (χ0) is 15.0. The number of rotatable bonds is 3. The number of carbonyl (C=O) groups excluding carboxylic acids is 3. The Bertz CT molecular complexity index is 746. The summed E-state index contributed by atoms with van der Waals surface area (Å²) >= 11 is 0. The Balaban J connectivity index is 2.07. The molecule has 0 unspecified atom stereocenters. The second-order valence-corrected chi connectivity index (χ2v) is 5.27. The van der Waals surface area contributed by atoms with Gasteiger partial charge in [-0.3, -0.25) is 14.4 Å². The minimum absolute atomic E-state index is 0.0306. The molecule has 0 spiro atoms. The molecule has 3 rings (SSSR count). The lowest BCUT2D eigenvalue weighted by Crippen LogP contribution is -2.11. The van der Waals surface area contributed by atoms with E-state index in [4.69, 9.17) is 0 Å². The second-order valence-electron chi connectivity index (χ2n) is 5.27. The molecule has 0 saturated heterocycles. The van der Waals surface area contributed by atoms with Gasteiger partial charge in [0.05, 0.1) is 5.57 Å². The van der Waals surface area contributed by atoms with Gasteiger partial charge in [0.15, 0.2) is 17.3 Å². The molecule has 21 heavy (non-hydrogen) atoms. The largest absolute Gasteiger partial charge is 0.294 e. The summed E-state index contributed by atoms with van der Waals surface area (Å²) in [5, 5.41) is 0. The fourth-order valence-electron chi connectivity index (χ4n) is 2.86. The van der Waals surface area contributed by atoms with Crippen molar-refractivity contribution in [1.82, 2.24) is 0 Å². The van der Waals surface area contributed by atoms with Gasteiger partial charge < -0.3 is 0 Å². The molecule has 0 N–H and O–H groups in total. The average molecular weight is 278 g/mol. The molecule has 1 aromatic carbocycles. The van der Waals surface area contributed by atoms with Gasteiger partial charge in [-0.05, 0) is 29.7 Å². The van der Waals surface area contributed by atoms with Crippen LogP contribution >= 0.6 is 0 Å². The van der Waals surface area contributed by atoms with Crippen LogP contribution in [-0.2, 0) is 20.8 Å². The summed E-state index contributed by atoms with van der Waals surface area (Å²) in [6, 6.07) is 9.60. The van der Waals surface area contributed by atoms with E-state index < -0.39 is 0 Å². The number of ketones is 3. The predicted molar refractivity (Wildman–Crippen MR) is 78.7 cm³/mol. The lowest BCUT2D eigenvalue weighted by Gasteiger charge is -2.11. The third-order valence-electron chi connectivity index (χ3n) is 3.82. The second kappa shape index (κ2) is 5.09. The summed E-state index contributed by atoms with van der Waals surface area (Å²) in [7, 11) is 0. The van der Waals surface area contributed by atoms with E-state index in [0.717, 1.165) is 11.1 Å². The van der Waals surface area contributed by atoms with Crippen molar-refractivity contribution in [2.75, 3.05) is 0 Å². The molecular formula is C18H14O3. The Morgan fingerprint density at radius 1 is 1.10 bits per heavy atom. The number of fused-ring (bicyclic) bond motifs is 1. The summed E-state index contributed by atoms with van der Waals surface area (Å²) in [4.78, 5) is 36.0. The van der Waals surface area contributed by atoms with E-state index in [1.54, 1.807) is 6.08 Å². The standard InChI is InChI=1S/C18H14O3/c1-11(19)17-14-8-7-13(20)10-15(14)16(18(17)21)9-12-5-3-2-4-6-12/h2-8H,9-10H2,1H3. The first kappa shape index (κ1) is 13.4. The minimum atomic E-state index is -0.241. The molecular weight excluding hydrogens is 264 g/mol. The summed E-state index contributed by atoms with van der Waals surface area (Å²) < 4.78 is 0. The van der Waals surface area contributed by atoms with Gasteiger partial charge in [0.25, 0.3) is 0 Å². The molecule has 0 heterocycles. The molecule has 0 aliphatic heterocycles. The topological polar surface area (TPSA) is 51.2 Å². The lowest BCUT2D eigenvalue weighted by atomic mass is 9.92. The van der Waals surface area contributed by atoms with Crippen molar-refractivity contribution in [1.29, 1.82) is 0 Å². The van der Waals surface area contributed by atoms with Crippen LogP contribution in [0.5, 0.6) is 0 Å². The average Bonchev–Trinajstić information content (AvgIpc) is 2.73. The predicted octanol–water partition coefficient (Wildman–Crippen LogP) is 2.52. The van der Waals surface area contributed by atoms with Gasteiger partial charge in [-0.1, -0.05) is 36.4 Å². The Kier molecular flexibility index (Phi) is 3.26. The fraction of sp³-hybridized carbons (Fsp3) is 0.167. The van der Waals surface area contributed by atoms with Crippen LogP contribution in [-0.4, -0.2) is 17.3 Å². The Morgan fingerprint density at radius 2 is 1.81 bits per heavy atom. The third-order valence-corrected chi connectivity index (χ3v) is 3.82. The molecule has 0 radical (unpaired) electrons. The number of hydrogen-bond donors (Lipinski definition) is 0. The van der Waals surface area contributed by atoms with Gasteiger partial charge >= 0.3 is 0 Å². The molecule has 104 valence electrons. The molecule has 2 aliphatic rings. The molecule has 2 aliphatic carbocycles. The van der Waals surface area contributed by atoms with Gasteiger partial charge in [0.1, 0.15) is 0 Å². The van der Waals surface area contributed by atoms with Crippen LogP contribution in [0.3, 0.4) is 0 Å². The van der Waals surface area contributed by atoms with E-state index >= 15 is 0 Å². The number of Topliss-reactive ketones (excluding diaryl/α,β-unsaturated/α-hetero) is 2. The highest BCUT2D eigenvalue weighted by Crippen LogP contribution is 2.37. The quantitative estimate of drug-likeness (QED) is 0.798. The van der Waals surface area contributed by atoms with Crippen LogP contribution in [0.25, 0.3) is 0 Å². The molecule has 1 aromatic rings. The fourth-order valence-corrected chi connectivity index (χ4v) is 2.86. The number of carbonyl (C=O) groups is 3. The van der Waals surface area contributed by atoms with Crippen molar-refractivity contribution in [2.45, 2.75) is 19.8 Å². The van der Waals surface area contributed by atoms with E-state index in [9.17, 15) is 14.4 Å². The smallest absolute Gasteiger partial charge is 0.193 e. The number of benzene rings is 1. The molecule has 0 fully saturated rings. The lowest BCUT2D eigenvalue weighted by molar-refractivity contribution is -0.118. The van der Waals surface area contributed by atoms with Crippen molar-refractivity contribution >= 4 is 17.3 Å². The van der Waals surface area contributed by atoms with E-state index in [2.05, 4.69) is 0 Å². The maximum Gasteiger partial charge on any atom is 0.193 e. The van der Waals surface area contributed by atoms with Gasteiger partial charge in [-0.15, -0.1) is 0 Å². The molecule has 0 atom stereocenters. The van der Waals surface area contributed by atoms with Crippen LogP contribution in [0.2, 0.25) is 0 Å². The maximum absolute atomic E-state index is 12.5. The van der Waals surface area contributed by atoms with Crippen LogP contribution in [0.15, 0.2) is 64.8 Å². The van der Waals surface area contributed by atoms with Gasteiger partial charge in [0, 0.05) is 18.4 Å². The molecule has 0 aromatic heterocycles. The van der Waals surface area contributed by atoms with Gasteiger partial charge in [0.2, 0.25) is 0 Å². The van der Waals surface area contributed by atoms with Crippen LogP contribution in [0.4, 0.5) is 0 Å². The Labute approximate surface area is 122 Å². The highest BCUT2D eigenvalue weighted by molar-refractivity contribution is 6.30. The van der Waals surface area contributed by atoms with Crippen LogP contribution in [0, 0.1) is 0 Å². The first-order valence-electron chi connectivity index (χ1n) is 6.85. The normalized spacial score (nSPS) is 17.6. The minimum Gasteiger partial charge on any atom is -0.294 e. The van der Waals surface area contributed by atoms with E-state index in [0.29, 0.717) is 17.6 Å². The zero-order valence-electron chi connectivity index (χ0n) is 11.7. The van der Waals surface area contributed by atoms with E-state index in [1.165, 1.54) is 13.0 Å². The molecule has 0 bridgehead atoms. The molecule has 0 saturated carbocycles. The zero-order valence-corrected chi connectivity index (χ0v) is 11.7. The summed E-state index contributed by atoms with van der Waals surface area (Å²) in [5.74, 6) is -0.498. The first-order valence-corrected chi connectivity index (χ1v) is 6.85. The molecule has 0 amide bonds. The number of allylic oxidation sites excluding steroid dienone is 6. The first-order chi connectivity index (χ1) is 10.1. The third kappa shape index (κ3) is 2.31.